The zero-order valence-corrected chi connectivity index (χ0v) is 16.6. The maximum absolute atomic E-state index is 11.6. The number of halogens is 1. The molecule has 7 heteroatoms. The average molecular weight is 380 g/mol. The molecule has 1 heterocycles. The Morgan fingerprint density at radius 2 is 2.19 bits per heavy atom. The molecule has 1 aliphatic heterocycles. The molecule has 0 bridgehead atoms. The van der Waals surface area contributed by atoms with Crippen molar-refractivity contribution in [1.82, 2.24) is 4.90 Å². The van der Waals surface area contributed by atoms with Gasteiger partial charge < -0.3 is 20.5 Å². The van der Waals surface area contributed by atoms with Crippen LogP contribution in [0.3, 0.4) is 0 Å². The summed E-state index contributed by atoms with van der Waals surface area (Å²) in [5, 5.41) is 19.5. The second-order valence-electron chi connectivity index (χ2n) is 7.75. The summed E-state index contributed by atoms with van der Waals surface area (Å²) in [6, 6.07) is 3.24. The maximum Gasteiger partial charge on any atom is 0.407 e. The van der Waals surface area contributed by atoms with Crippen molar-refractivity contribution in [2.75, 3.05) is 13.2 Å². The Balaban J connectivity index is 2.71. The summed E-state index contributed by atoms with van der Waals surface area (Å²) >= 11 is 6.37. The van der Waals surface area contributed by atoms with E-state index in [-0.39, 0.29) is 23.4 Å². The Hall–Kier alpha value is -1.97. The molecule has 3 N–H and O–H groups in total. The van der Waals surface area contributed by atoms with Crippen LogP contribution >= 0.6 is 11.6 Å². The number of carboxylic acid groups (broad SMARTS) is 1. The molecule has 3 atom stereocenters. The third-order valence-corrected chi connectivity index (χ3v) is 5.10. The van der Waals surface area contributed by atoms with E-state index >= 15 is 0 Å². The smallest absolute Gasteiger partial charge is 0.407 e. The molecule has 1 aromatic rings. The number of benzene rings is 1. The van der Waals surface area contributed by atoms with E-state index in [0.29, 0.717) is 35.1 Å². The predicted octanol–water partition coefficient (Wildman–Crippen LogP) is 4.12. The van der Waals surface area contributed by atoms with Crippen LogP contribution in [0.1, 0.15) is 63.3 Å². The van der Waals surface area contributed by atoms with E-state index in [4.69, 9.17) is 22.1 Å². The fourth-order valence-corrected chi connectivity index (χ4v) is 4.07. The molecule has 1 aliphatic rings. The molecule has 0 aromatic heterocycles. The number of hydrogen-bond donors (Lipinski definition) is 2. The van der Waals surface area contributed by atoms with Gasteiger partial charge in [0.15, 0.2) is 0 Å². The Kier molecular flexibility index (Phi) is 5.74. The van der Waals surface area contributed by atoms with Gasteiger partial charge in [0.05, 0.1) is 17.2 Å². The van der Waals surface area contributed by atoms with Crippen LogP contribution in [0.25, 0.3) is 0 Å². The van der Waals surface area contributed by atoms with Gasteiger partial charge in [-0.25, -0.2) is 4.79 Å². The highest BCUT2D eigenvalue weighted by atomic mass is 35.5. The standard InChI is InChI=1S/C19H26ClN3O3/c1-6-26-16-11(10(2)22)7-14(20)12(8-21)15(16)13-9-23(18(24)25)17(13)19(3,4)5/h7,10,13,17H,6,9,22H2,1-5H3,(H,24,25). The minimum Gasteiger partial charge on any atom is -0.493 e. The van der Waals surface area contributed by atoms with Gasteiger partial charge in [0.25, 0.3) is 0 Å². The van der Waals surface area contributed by atoms with Crippen LogP contribution in [0, 0.1) is 16.7 Å². The molecular formula is C19H26ClN3O3. The number of nitriles is 1. The summed E-state index contributed by atoms with van der Waals surface area (Å²) in [5.74, 6) is 0.381. The lowest BCUT2D eigenvalue weighted by Gasteiger charge is -2.53. The zero-order valence-electron chi connectivity index (χ0n) is 15.8. The Morgan fingerprint density at radius 3 is 2.62 bits per heavy atom. The number of nitrogens with two attached hydrogens (primary N) is 1. The fourth-order valence-electron chi connectivity index (χ4n) is 3.80. The van der Waals surface area contributed by atoms with Crippen molar-refractivity contribution in [1.29, 1.82) is 5.26 Å². The molecular weight excluding hydrogens is 354 g/mol. The van der Waals surface area contributed by atoms with Crippen LogP contribution in [-0.2, 0) is 0 Å². The molecule has 1 saturated heterocycles. The molecule has 0 aliphatic carbocycles. The lowest BCUT2D eigenvalue weighted by molar-refractivity contribution is -0.00256. The molecule has 0 radical (unpaired) electrons. The SMILES string of the molecule is CCOc1c(C(C)N)cc(Cl)c(C#N)c1C1CN(C(=O)O)C1C(C)(C)C. The molecule has 1 amide bonds. The lowest BCUT2D eigenvalue weighted by Crippen LogP contribution is -2.62. The quantitative estimate of drug-likeness (QED) is 0.819. The van der Waals surface area contributed by atoms with Gasteiger partial charge in [-0.15, -0.1) is 0 Å². The number of ether oxygens (including phenoxy) is 1. The number of amides is 1. The van der Waals surface area contributed by atoms with Crippen LogP contribution in [0.4, 0.5) is 4.79 Å². The number of likely N-dealkylation sites (tertiary alicyclic amines) is 1. The van der Waals surface area contributed by atoms with Gasteiger partial charge in [-0.2, -0.15) is 5.26 Å². The molecule has 142 valence electrons. The van der Waals surface area contributed by atoms with Crippen molar-refractivity contribution in [2.45, 2.75) is 52.6 Å². The summed E-state index contributed by atoms with van der Waals surface area (Å²) in [7, 11) is 0. The predicted molar refractivity (Wildman–Crippen MR) is 101 cm³/mol. The number of hydrogen-bond acceptors (Lipinski definition) is 4. The van der Waals surface area contributed by atoms with E-state index in [1.807, 2.05) is 34.6 Å². The topological polar surface area (TPSA) is 99.6 Å². The molecule has 2 rings (SSSR count). The summed E-state index contributed by atoms with van der Waals surface area (Å²) < 4.78 is 5.88. The highest BCUT2D eigenvalue weighted by molar-refractivity contribution is 6.32. The van der Waals surface area contributed by atoms with Crippen molar-refractivity contribution < 1.29 is 14.6 Å². The van der Waals surface area contributed by atoms with Crippen LogP contribution < -0.4 is 10.5 Å². The minimum absolute atomic E-state index is 0.182. The zero-order chi connectivity index (χ0) is 19.8. The molecule has 3 unspecified atom stereocenters. The normalized spacial score (nSPS) is 20.9. The van der Waals surface area contributed by atoms with Crippen LogP contribution in [0.15, 0.2) is 6.07 Å². The fraction of sp³-hybridized carbons (Fsp3) is 0.579. The minimum atomic E-state index is -0.966. The van der Waals surface area contributed by atoms with E-state index < -0.39 is 6.09 Å². The van der Waals surface area contributed by atoms with Gasteiger partial charge in [0.2, 0.25) is 0 Å². The van der Waals surface area contributed by atoms with Crippen molar-refractivity contribution in [3.63, 3.8) is 0 Å². The summed E-state index contributed by atoms with van der Waals surface area (Å²) in [6.45, 7) is 10.4. The average Bonchev–Trinajstić information content (AvgIpc) is 2.46. The number of carbonyl (C=O) groups is 1. The molecule has 26 heavy (non-hydrogen) atoms. The number of nitrogens with zero attached hydrogens (tertiary/aromatic N) is 2. The molecule has 1 aromatic carbocycles. The van der Waals surface area contributed by atoms with Crippen molar-refractivity contribution in [3.05, 3.63) is 27.8 Å². The van der Waals surface area contributed by atoms with Crippen molar-refractivity contribution >= 4 is 17.7 Å². The number of rotatable bonds is 4. The summed E-state index contributed by atoms with van der Waals surface area (Å²) in [5.41, 5.74) is 7.53. The lowest BCUT2D eigenvalue weighted by atomic mass is 9.68. The molecule has 1 fully saturated rings. The van der Waals surface area contributed by atoms with E-state index in [0.717, 1.165) is 5.56 Å². The highest BCUT2D eigenvalue weighted by Gasteiger charge is 2.51. The van der Waals surface area contributed by atoms with Crippen molar-refractivity contribution in [3.8, 4) is 11.8 Å². The van der Waals surface area contributed by atoms with Gasteiger partial charge in [0, 0.05) is 35.7 Å². The van der Waals surface area contributed by atoms with E-state index in [9.17, 15) is 15.2 Å². The molecule has 0 spiro atoms. The van der Waals surface area contributed by atoms with Gasteiger partial charge in [0.1, 0.15) is 11.8 Å². The van der Waals surface area contributed by atoms with Crippen LogP contribution in [0.5, 0.6) is 5.75 Å². The van der Waals surface area contributed by atoms with Gasteiger partial charge in [-0.05, 0) is 25.3 Å². The summed E-state index contributed by atoms with van der Waals surface area (Å²) in [6.07, 6.45) is -0.966. The Labute approximate surface area is 159 Å². The van der Waals surface area contributed by atoms with E-state index in [2.05, 4.69) is 6.07 Å². The van der Waals surface area contributed by atoms with Gasteiger partial charge >= 0.3 is 6.09 Å². The monoisotopic (exact) mass is 379 g/mol. The van der Waals surface area contributed by atoms with Gasteiger partial charge in [-0.1, -0.05) is 32.4 Å². The Bertz CT molecular complexity index is 750. The molecule has 6 nitrogen and oxygen atoms in total. The largest absolute Gasteiger partial charge is 0.493 e. The van der Waals surface area contributed by atoms with E-state index in [1.165, 1.54) is 4.90 Å². The maximum atomic E-state index is 11.6. The second-order valence-corrected chi connectivity index (χ2v) is 8.16. The van der Waals surface area contributed by atoms with Gasteiger partial charge in [-0.3, -0.25) is 0 Å². The molecule has 0 saturated carbocycles. The first-order valence-corrected chi connectivity index (χ1v) is 9.06. The highest BCUT2D eigenvalue weighted by Crippen LogP contribution is 2.50. The second kappa shape index (κ2) is 7.34. The Morgan fingerprint density at radius 1 is 1.58 bits per heavy atom. The van der Waals surface area contributed by atoms with Crippen LogP contribution in [0.2, 0.25) is 5.02 Å². The van der Waals surface area contributed by atoms with Crippen molar-refractivity contribution in [2.24, 2.45) is 11.1 Å². The first kappa shape index (κ1) is 20.3. The third kappa shape index (κ3) is 3.46. The summed E-state index contributed by atoms with van der Waals surface area (Å²) in [4.78, 5) is 13.0. The van der Waals surface area contributed by atoms with E-state index in [1.54, 1.807) is 6.07 Å². The third-order valence-electron chi connectivity index (χ3n) is 4.80. The first-order valence-electron chi connectivity index (χ1n) is 8.68. The van der Waals surface area contributed by atoms with Crippen LogP contribution in [-0.4, -0.2) is 35.3 Å². The first-order chi connectivity index (χ1) is 12.0.